The molecule has 0 fully saturated rings. The summed E-state index contributed by atoms with van der Waals surface area (Å²) in [5.41, 5.74) is 3.52. The van der Waals surface area contributed by atoms with Gasteiger partial charge in [-0.2, -0.15) is 0 Å². The Bertz CT molecular complexity index is 579. The van der Waals surface area contributed by atoms with Crippen LogP contribution in [0.5, 0.6) is 0 Å². The van der Waals surface area contributed by atoms with Crippen molar-refractivity contribution in [2.75, 3.05) is 6.54 Å². The lowest BCUT2D eigenvalue weighted by atomic mass is 9.95. The standard InChI is InChI=1S/C17H20Cl2N2/c1-3-12-11-20-9-8-13(12)17(21-4-2)10-14-15(18)6-5-7-16(14)19/h5-9,11,17,21H,3-4,10H2,1-2H3. The van der Waals surface area contributed by atoms with Crippen LogP contribution >= 0.6 is 23.2 Å². The number of nitrogens with one attached hydrogen (secondary N) is 1. The molecule has 0 saturated carbocycles. The van der Waals surface area contributed by atoms with Gasteiger partial charge in [0.05, 0.1) is 0 Å². The zero-order chi connectivity index (χ0) is 15.2. The Balaban J connectivity index is 2.35. The Hall–Kier alpha value is -1.09. The number of likely N-dealkylation sites (N-methyl/N-ethyl adjacent to an activating group) is 1. The first-order valence-electron chi connectivity index (χ1n) is 7.26. The van der Waals surface area contributed by atoms with Crippen molar-refractivity contribution in [2.45, 2.75) is 32.7 Å². The van der Waals surface area contributed by atoms with Gasteiger partial charge in [0.15, 0.2) is 0 Å². The van der Waals surface area contributed by atoms with Gasteiger partial charge in [-0.25, -0.2) is 0 Å². The molecule has 0 spiro atoms. The average molecular weight is 323 g/mol. The first-order valence-corrected chi connectivity index (χ1v) is 8.02. The maximum absolute atomic E-state index is 6.31. The molecule has 0 saturated heterocycles. The summed E-state index contributed by atoms with van der Waals surface area (Å²) in [6.45, 7) is 5.14. The van der Waals surface area contributed by atoms with E-state index in [0.717, 1.165) is 35.0 Å². The van der Waals surface area contributed by atoms with E-state index in [1.54, 1.807) is 0 Å². The lowest BCUT2D eigenvalue weighted by Gasteiger charge is -2.22. The summed E-state index contributed by atoms with van der Waals surface area (Å²) in [4.78, 5) is 4.22. The molecule has 21 heavy (non-hydrogen) atoms. The summed E-state index contributed by atoms with van der Waals surface area (Å²) in [5.74, 6) is 0. The second-order valence-corrected chi connectivity index (χ2v) is 5.76. The molecule has 1 atom stereocenters. The smallest absolute Gasteiger partial charge is 0.0453 e. The number of pyridine rings is 1. The highest BCUT2D eigenvalue weighted by Gasteiger charge is 2.17. The van der Waals surface area contributed by atoms with Crippen LogP contribution in [0.25, 0.3) is 0 Å². The molecule has 0 amide bonds. The number of nitrogens with zero attached hydrogens (tertiary/aromatic N) is 1. The number of benzene rings is 1. The first kappa shape index (κ1) is 16.3. The van der Waals surface area contributed by atoms with E-state index in [-0.39, 0.29) is 6.04 Å². The van der Waals surface area contributed by atoms with Crippen LogP contribution in [0.1, 0.15) is 36.6 Å². The lowest BCUT2D eigenvalue weighted by molar-refractivity contribution is 0.545. The van der Waals surface area contributed by atoms with Crippen molar-refractivity contribution in [3.05, 3.63) is 63.4 Å². The highest BCUT2D eigenvalue weighted by molar-refractivity contribution is 6.36. The molecule has 2 nitrogen and oxygen atoms in total. The molecule has 1 heterocycles. The third kappa shape index (κ3) is 3.97. The van der Waals surface area contributed by atoms with E-state index in [9.17, 15) is 0 Å². The van der Waals surface area contributed by atoms with Gasteiger partial charge in [-0.05, 0) is 54.3 Å². The number of hydrogen-bond acceptors (Lipinski definition) is 2. The van der Waals surface area contributed by atoms with Crippen molar-refractivity contribution in [3.63, 3.8) is 0 Å². The van der Waals surface area contributed by atoms with E-state index in [1.165, 1.54) is 11.1 Å². The highest BCUT2D eigenvalue weighted by Crippen LogP contribution is 2.30. The van der Waals surface area contributed by atoms with Crippen LogP contribution in [-0.2, 0) is 12.8 Å². The van der Waals surface area contributed by atoms with Crippen LogP contribution in [0.4, 0.5) is 0 Å². The Morgan fingerprint density at radius 3 is 2.48 bits per heavy atom. The van der Waals surface area contributed by atoms with Gasteiger partial charge < -0.3 is 5.32 Å². The van der Waals surface area contributed by atoms with Gasteiger partial charge in [-0.1, -0.05) is 43.1 Å². The van der Waals surface area contributed by atoms with E-state index in [1.807, 2.05) is 30.6 Å². The monoisotopic (exact) mass is 322 g/mol. The minimum atomic E-state index is 0.186. The number of aryl methyl sites for hydroxylation is 1. The number of hydrogen-bond donors (Lipinski definition) is 1. The molecule has 1 aromatic carbocycles. The number of halogens is 2. The van der Waals surface area contributed by atoms with E-state index in [0.29, 0.717) is 0 Å². The maximum Gasteiger partial charge on any atom is 0.0453 e. The van der Waals surface area contributed by atoms with E-state index >= 15 is 0 Å². The van der Waals surface area contributed by atoms with Gasteiger partial charge in [0.1, 0.15) is 0 Å². The largest absolute Gasteiger partial charge is 0.310 e. The van der Waals surface area contributed by atoms with Crippen molar-refractivity contribution < 1.29 is 0 Å². The fourth-order valence-corrected chi connectivity index (χ4v) is 3.09. The van der Waals surface area contributed by atoms with Crippen molar-refractivity contribution >= 4 is 23.2 Å². The summed E-state index contributed by atoms with van der Waals surface area (Å²) in [6.07, 6.45) is 5.51. The van der Waals surface area contributed by atoms with Gasteiger partial charge in [0.2, 0.25) is 0 Å². The molecule has 0 aliphatic rings. The first-order chi connectivity index (χ1) is 10.2. The molecule has 1 aromatic heterocycles. The highest BCUT2D eigenvalue weighted by atomic mass is 35.5. The Morgan fingerprint density at radius 1 is 1.14 bits per heavy atom. The summed E-state index contributed by atoms with van der Waals surface area (Å²) in [6, 6.07) is 7.92. The van der Waals surface area contributed by atoms with Gasteiger partial charge in [0.25, 0.3) is 0 Å². The molecule has 4 heteroatoms. The third-order valence-electron chi connectivity index (χ3n) is 3.62. The average Bonchev–Trinajstić information content (AvgIpc) is 2.50. The molecule has 0 radical (unpaired) electrons. The maximum atomic E-state index is 6.31. The molecular formula is C17H20Cl2N2. The fourth-order valence-electron chi connectivity index (χ4n) is 2.54. The van der Waals surface area contributed by atoms with Crippen LogP contribution in [0.15, 0.2) is 36.7 Å². The van der Waals surface area contributed by atoms with Gasteiger partial charge in [0, 0.05) is 28.5 Å². The molecule has 112 valence electrons. The second-order valence-electron chi connectivity index (χ2n) is 4.94. The quantitative estimate of drug-likeness (QED) is 0.822. The Labute approximate surface area is 136 Å². The number of rotatable bonds is 6. The zero-order valence-corrected chi connectivity index (χ0v) is 13.9. The normalized spacial score (nSPS) is 12.4. The molecular weight excluding hydrogens is 303 g/mol. The molecule has 2 aromatic rings. The predicted octanol–water partition coefficient (Wildman–Crippen LogP) is 4.84. The predicted molar refractivity (Wildman–Crippen MR) is 90.2 cm³/mol. The number of aromatic nitrogens is 1. The van der Waals surface area contributed by atoms with Crippen LogP contribution < -0.4 is 5.32 Å². The molecule has 0 aliphatic carbocycles. The Kier molecular flexibility index (Phi) is 6.04. The van der Waals surface area contributed by atoms with Gasteiger partial charge in [-0.15, -0.1) is 0 Å². The Morgan fingerprint density at radius 2 is 1.86 bits per heavy atom. The topological polar surface area (TPSA) is 24.9 Å². The van der Waals surface area contributed by atoms with Gasteiger partial charge in [-0.3, -0.25) is 4.98 Å². The van der Waals surface area contributed by atoms with E-state index in [4.69, 9.17) is 23.2 Å². The summed E-state index contributed by atoms with van der Waals surface area (Å²) >= 11 is 12.6. The fraction of sp³-hybridized carbons (Fsp3) is 0.353. The lowest BCUT2D eigenvalue weighted by Crippen LogP contribution is -2.24. The second kappa shape index (κ2) is 7.79. The molecule has 2 rings (SSSR count). The molecule has 1 N–H and O–H groups in total. The molecule has 0 aliphatic heterocycles. The van der Waals surface area contributed by atoms with Crippen LogP contribution in [0.2, 0.25) is 10.0 Å². The molecule has 0 bridgehead atoms. The van der Waals surface area contributed by atoms with Crippen molar-refractivity contribution in [1.82, 2.24) is 10.3 Å². The molecule has 1 unspecified atom stereocenters. The van der Waals surface area contributed by atoms with Gasteiger partial charge >= 0.3 is 0 Å². The van der Waals surface area contributed by atoms with Crippen molar-refractivity contribution in [1.29, 1.82) is 0 Å². The SMILES string of the molecule is CCNC(Cc1c(Cl)cccc1Cl)c1ccncc1CC. The summed E-state index contributed by atoms with van der Waals surface area (Å²) < 4.78 is 0. The summed E-state index contributed by atoms with van der Waals surface area (Å²) in [7, 11) is 0. The third-order valence-corrected chi connectivity index (χ3v) is 4.33. The van der Waals surface area contributed by atoms with Crippen LogP contribution in [-0.4, -0.2) is 11.5 Å². The summed E-state index contributed by atoms with van der Waals surface area (Å²) in [5, 5.41) is 4.97. The van der Waals surface area contributed by atoms with E-state index < -0.39 is 0 Å². The minimum absolute atomic E-state index is 0.186. The van der Waals surface area contributed by atoms with Crippen molar-refractivity contribution in [3.8, 4) is 0 Å². The van der Waals surface area contributed by atoms with E-state index in [2.05, 4.69) is 30.2 Å². The van der Waals surface area contributed by atoms with Crippen LogP contribution in [0.3, 0.4) is 0 Å². The van der Waals surface area contributed by atoms with Crippen LogP contribution in [0, 0.1) is 0 Å². The van der Waals surface area contributed by atoms with Crippen molar-refractivity contribution in [2.24, 2.45) is 0 Å². The zero-order valence-electron chi connectivity index (χ0n) is 12.4. The minimum Gasteiger partial charge on any atom is -0.310 e.